The standard InChI is InChI=1S/C12H19NO3/c1-5-9(13)12-10(15-3)6-8(14-2)7-11(12)16-4/h6-7,9H,5,13H2,1-4H3/t9-/m1/s1. The molecular formula is C12H19NO3. The van der Waals surface area contributed by atoms with Gasteiger partial charge in [0, 0.05) is 18.2 Å². The second kappa shape index (κ2) is 5.61. The lowest BCUT2D eigenvalue weighted by Crippen LogP contribution is -2.12. The van der Waals surface area contributed by atoms with Gasteiger partial charge < -0.3 is 19.9 Å². The van der Waals surface area contributed by atoms with Crippen LogP contribution in [0.5, 0.6) is 17.2 Å². The fourth-order valence-corrected chi connectivity index (χ4v) is 1.60. The van der Waals surface area contributed by atoms with E-state index in [-0.39, 0.29) is 6.04 Å². The monoisotopic (exact) mass is 225 g/mol. The number of ether oxygens (including phenoxy) is 3. The van der Waals surface area contributed by atoms with Crippen LogP contribution >= 0.6 is 0 Å². The van der Waals surface area contributed by atoms with Crippen molar-refractivity contribution in [3.63, 3.8) is 0 Å². The van der Waals surface area contributed by atoms with Crippen LogP contribution in [0, 0.1) is 0 Å². The van der Waals surface area contributed by atoms with Crippen LogP contribution in [0.15, 0.2) is 12.1 Å². The highest BCUT2D eigenvalue weighted by molar-refractivity contribution is 5.52. The lowest BCUT2D eigenvalue weighted by atomic mass is 10.0. The number of hydrogen-bond donors (Lipinski definition) is 1. The van der Waals surface area contributed by atoms with Crippen molar-refractivity contribution in [3.8, 4) is 17.2 Å². The highest BCUT2D eigenvalue weighted by atomic mass is 16.5. The van der Waals surface area contributed by atoms with E-state index in [0.29, 0.717) is 17.2 Å². The minimum absolute atomic E-state index is 0.101. The van der Waals surface area contributed by atoms with Gasteiger partial charge in [-0.25, -0.2) is 0 Å². The van der Waals surface area contributed by atoms with Gasteiger partial charge in [0.2, 0.25) is 0 Å². The third-order valence-electron chi connectivity index (χ3n) is 2.56. The van der Waals surface area contributed by atoms with E-state index in [1.54, 1.807) is 21.3 Å². The molecule has 0 saturated carbocycles. The molecular weight excluding hydrogens is 206 g/mol. The average Bonchev–Trinajstić information content (AvgIpc) is 2.35. The summed E-state index contributed by atoms with van der Waals surface area (Å²) in [4.78, 5) is 0. The van der Waals surface area contributed by atoms with E-state index in [1.165, 1.54) is 0 Å². The van der Waals surface area contributed by atoms with Gasteiger partial charge in [-0.3, -0.25) is 0 Å². The van der Waals surface area contributed by atoms with E-state index in [2.05, 4.69) is 0 Å². The molecule has 0 saturated heterocycles. The van der Waals surface area contributed by atoms with Gasteiger partial charge in [0.1, 0.15) is 17.2 Å². The molecule has 0 aliphatic carbocycles. The minimum atomic E-state index is -0.101. The Labute approximate surface area is 96.3 Å². The Balaban J connectivity index is 3.31. The van der Waals surface area contributed by atoms with Crippen molar-refractivity contribution in [2.75, 3.05) is 21.3 Å². The Hall–Kier alpha value is -1.42. The molecule has 0 radical (unpaired) electrons. The zero-order chi connectivity index (χ0) is 12.1. The molecule has 0 aliphatic rings. The van der Waals surface area contributed by atoms with Crippen molar-refractivity contribution in [1.82, 2.24) is 0 Å². The molecule has 0 spiro atoms. The fraction of sp³-hybridized carbons (Fsp3) is 0.500. The lowest BCUT2D eigenvalue weighted by Gasteiger charge is -2.18. The summed E-state index contributed by atoms with van der Waals surface area (Å²) < 4.78 is 15.8. The molecule has 1 rings (SSSR count). The summed E-state index contributed by atoms with van der Waals surface area (Å²) in [6, 6.07) is 3.52. The van der Waals surface area contributed by atoms with E-state index < -0.39 is 0 Å². The first-order chi connectivity index (χ1) is 7.67. The minimum Gasteiger partial charge on any atom is -0.496 e. The smallest absolute Gasteiger partial charge is 0.131 e. The molecule has 0 unspecified atom stereocenters. The van der Waals surface area contributed by atoms with Crippen LogP contribution in [-0.4, -0.2) is 21.3 Å². The summed E-state index contributed by atoms with van der Waals surface area (Å²) in [6.45, 7) is 2.02. The van der Waals surface area contributed by atoms with Crippen LogP contribution < -0.4 is 19.9 Å². The zero-order valence-electron chi connectivity index (χ0n) is 10.2. The van der Waals surface area contributed by atoms with Gasteiger partial charge in [-0.15, -0.1) is 0 Å². The molecule has 0 fully saturated rings. The molecule has 0 amide bonds. The highest BCUT2D eigenvalue weighted by Gasteiger charge is 2.18. The van der Waals surface area contributed by atoms with Gasteiger partial charge in [0.05, 0.1) is 26.9 Å². The van der Waals surface area contributed by atoms with Crippen LogP contribution in [0.25, 0.3) is 0 Å². The predicted octanol–water partition coefficient (Wildman–Crippen LogP) is 2.12. The van der Waals surface area contributed by atoms with Crippen molar-refractivity contribution in [3.05, 3.63) is 17.7 Å². The summed E-state index contributed by atoms with van der Waals surface area (Å²) in [5.74, 6) is 2.09. The summed E-state index contributed by atoms with van der Waals surface area (Å²) in [5.41, 5.74) is 6.92. The molecule has 0 aliphatic heterocycles. The Morgan fingerprint density at radius 2 is 1.56 bits per heavy atom. The van der Waals surface area contributed by atoms with Crippen molar-refractivity contribution in [2.24, 2.45) is 5.73 Å². The average molecular weight is 225 g/mol. The van der Waals surface area contributed by atoms with Gasteiger partial charge in [-0.2, -0.15) is 0 Å². The van der Waals surface area contributed by atoms with Crippen LogP contribution in [-0.2, 0) is 0 Å². The number of rotatable bonds is 5. The maximum absolute atomic E-state index is 6.04. The first-order valence-electron chi connectivity index (χ1n) is 5.23. The number of nitrogens with two attached hydrogens (primary N) is 1. The third kappa shape index (κ3) is 2.39. The molecule has 4 heteroatoms. The molecule has 2 N–H and O–H groups in total. The quantitative estimate of drug-likeness (QED) is 0.834. The van der Waals surface area contributed by atoms with E-state index in [1.807, 2.05) is 19.1 Å². The van der Waals surface area contributed by atoms with Crippen LogP contribution in [0.2, 0.25) is 0 Å². The largest absolute Gasteiger partial charge is 0.496 e. The fourth-order valence-electron chi connectivity index (χ4n) is 1.60. The van der Waals surface area contributed by atoms with Crippen LogP contribution in [0.4, 0.5) is 0 Å². The Morgan fingerprint density at radius 1 is 1.06 bits per heavy atom. The maximum Gasteiger partial charge on any atom is 0.131 e. The van der Waals surface area contributed by atoms with Crippen molar-refractivity contribution in [1.29, 1.82) is 0 Å². The lowest BCUT2D eigenvalue weighted by molar-refractivity contribution is 0.363. The predicted molar refractivity (Wildman–Crippen MR) is 63.3 cm³/mol. The van der Waals surface area contributed by atoms with E-state index in [9.17, 15) is 0 Å². The second-order valence-electron chi connectivity index (χ2n) is 3.46. The molecule has 16 heavy (non-hydrogen) atoms. The summed E-state index contributed by atoms with van der Waals surface area (Å²) in [7, 11) is 4.83. The molecule has 0 aromatic heterocycles. The molecule has 1 aromatic rings. The molecule has 1 aromatic carbocycles. The summed E-state index contributed by atoms with van der Waals surface area (Å²) >= 11 is 0. The Morgan fingerprint density at radius 3 is 1.88 bits per heavy atom. The Kier molecular flexibility index (Phi) is 4.43. The van der Waals surface area contributed by atoms with Gasteiger partial charge in [-0.1, -0.05) is 6.92 Å². The van der Waals surface area contributed by atoms with Crippen LogP contribution in [0.1, 0.15) is 24.9 Å². The maximum atomic E-state index is 6.04. The topological polar surface area (TPSA) is 53.7 Å². The van der Waals surface area contributed by atoms with E-state index in [4.69, 9.17) is 19.9 Å². The molecule has 90 valence electrons. The van der Waals surface area contributed by atoms with Gasteiger partial charge in [-0.05, 0) is 6.42 Å². The first-order valence-corrected chi connectivity index (χ1v) is 5.23. The Bertz CT molecular complexity index is 327. The zero-order valence-corrected chi connectivity index (χ0v) is 10.2. The van der Waals surface area contributed by atoms with Crippen LogP contribution in [0.3, 0.4) is 0 Å². The normalized spacial score (nSPS) is 12.1. The van der Waals surface area contributed by atoms with Crippen molar-refractivity contribution < 1.29 is 14.2 Å². The third-order valence-corrected chi connectivity index (χ3v) is 2.56. The SMILES string of the molecule is CC[C@@H](N)c1c(OC)cc(OC)cc1OC. The molecule has 0 bridgehead atoms. The number of methoxy groups -OCH3 is 3. The van der Waals surface area contributed by atoms with Gasteiger partial charge in [0.15, 0.2) is 0 Å². The number of hydrogen-bond acceptors (Lipinski definition) is 4. The highest BCUT2D eigenvalue weighted by Crippen LogP contribution is 2.38. The van der Waals surface area contributed by atoms with Gasteiger partial charge in [0.25, 0.3) is 0 Å². The molecule has 0 heterocycles. The first kappa shape index (κ1) is 12.6. The molecule has 1 atom stereocenters. The number of benzene rings is 1. The second-order valence-corrected chi connectivity index (χ2v) is 3.46. The van der Waals surface area contributed by atoms with E-state index >= 15 is 0 Å². The van der Waals surface area contributed by atoms with Crippen molar-refractivity contribution >= 4 is 0 Å². The van der Waals surface area contributed by atoms with Gasteiger partial charge >= 0.3 is 0 Å². The van der Waals surface area contributed by atoms with Crippen molar-refractivity contribution in [2.45, 2.75) is 19.4 Å². The summed E-state index contributed by atoms with van der Waals surface area (Å²) in [5, 5.41) is 0. The molecule has 4 nitrogen and oxygen atoms in total. The summed E-state index contributed by atoms with van der Waals surface area (Å²) in [6.07, 6.45) is 0.819. The van der Waals surface area contributed by atoms with E-state index in [0.717, 1.165) is 12.0 Å².